The quantitative estimate of drug-likeness (QED) is 0.390. The Morgan fingerprint density at radius 3 is 2.03 bits per heavy atom. The van der Waals surface area contributed by atoms with Crippen LogP contribution >= 0.6 is 23.2 Å². The zero-order chi connectivity index (χ0) is 23.3. The number of methoxy groups -OCH3 is 3. The molecule has 0 fully saturated rings. The van der Waals surface area contributed by atoms with Gasteiger partial charge in [-0.25, -0.2) is 8.42 Å². The monoisotopic (exact) mass is 493 g/mol. The molecule has 0 aromatic heterocycles. The van der Waals surface area contributed by atoms with Crippen LogP contribution in [0.25, 0.3) is 12.2 Å². The van der Waals surface area contributed by atoms with Crippen molar-refractivity contribution in [3.05, 3.63) is 75.8 Å². The van der Waals surface area contributed by atoms with Crippen LogP contribution in [-0.4, -0.2) is 29.7 Å². The fraction of sp³-hybridized carbons (Fsp3) is 0.130. The average Bonchev–Trinajstić information content (AvgIpc) is 2.78. The number of ether oxygens (including phenoxy) is 3. The highest BCUT2D eigenvalue weighted by molar-refractivity contribution is 7.92. The molecule has 0 spiro atoms. The van der Waals surface area contributed by atoms with Gasteiger partial charge in [0.1, 0.15) is 0 Å². The molecule has 1 N–H and O–H groups in total. The first kappa shape index (κ1) is 23.8. The molecule has 6 nitrogen and oxygen atoms in total. The summed E-state index contributed by atoms with van der Waals surface area (Å²) in [6.07, 6.45) is 3.70. The lowest BCUT2D eigenvalue weighted by molar-refractivity contribution is 0.324. The van der Waals surface area contributed by atoms with E-state index in [9.17, 15) is 8.42 Å². The molecule has 0 saturated heterocycles. The molecule has 0 radical (unpaired) electrons. The third kappa shape index (κ3) is 5.48. The molecule has 3 aromatic rings. The molecular weight excluding hydrogens is 473 g/mol. The Bertz CT molecular complexity index is 1230. The van der Waals surface area contributed by atoms with Gasteiger partial charge in [0, 0.05) is 5.69 Å². The molecule has 0 aliphatic heterocycles. The SMILES string of the molecule is COc1cc(/C=C\c2cccc(NS(=O)(=O)c3ccc(Cl)c(Cl)c3)c2)cc(OC)c1OC. The van der Waals surface area contributed by atoms with Crippen LogP contribution in [0.2, 0.25) is 10.0 Å². The zero-order valence-electron chi connectivity index (χ0n) is 17.6. The van der Waals surface area contributed by atoms with Crippen LogP contribution in [0, 0.1) is 0 Å². The molecule has 3 aromatic carbocycles. The van der Waals surface area contributed by atoms with E-state index < -0.39 is 10.0 Å². The van der Waals surface area contributed by atoms with Crippen LogP contribution in [0.4, 0.5) is 5.69 Å². The summed E-state index contributed by atoms with van der Waals surface area (Å²) in [7, 11) is 0.815. The number of nitrogens with one attached hydrogen (secondary N) is 1. The van der Waals surface area contributed by atoms with Gasteiger partial charge < -0.3 is 14.2 Å². The Morgan fingerprint density at radius 2 is 1.44 bits per heavy atom. The molecule has 0 aliphatic rings. The summed E-state index contributed by atoms with van der Waals surface area (Å²) in [4.78, 5) is 0.0188. The minimum absolute atomic E-state index is 0.0188. The van der Waals surface area contributed by atoms with Crippen molar-refractivity contribution in [3.63, 3.8) is 0 Å². The van der Waals surface area contributed by atoms with Gasteiger partial charge >= 0.3 is 0 Å². The standard InChI is InChI=1S/C23H21Cl2NO5S/c1-29-21-12-16(13-22(30-2)23(21)31-3)8-7-15-5-4-6-17(11-15)26-32(27,28)18-9-10-19(24)20(25)14-18/h4-14,26H,1-3H3/b8-7-. The summed E-state index contributed by atoms with van der Waals surface area (Å²) < 4.78 is 44.0. The summed E-state index contributed by atoms with van der Waals surface area (Å²) >= 11 is 11.8. The van der Waals surface area contributed by atoms with Crippen LogP contribution in [0.1, 0.15) is 11.1 Å². The molecule has 0 amide bonds. The van der Waals surface area contributed by atoms with Crippen molar-refractivity contribution in [1.82, 2.24) is 0 Å². The van der Waals surface area contributed by atoms with Crippen molar-refractivity contribution in [2.45, 2.75) is 4.90 Å². The van der Waals surface area contributed by atoms with Gasteiger partial charge in [-0.05, 0) is 53.6 Å². The smallest absolute Gasteiger partial charge is 0.261 e. The van der Waals surface area contributed by atoms with Crippen molar-refractivity contribution in [1.29, 1.82) is 0 Å². The van der Waals surface area contributed by atoms with Gasteiger partial charge in [-0.15, -0.1) is 0 Å². The highest BCUT2D eigenvalue weighted by atomic mass is 35.5. The normalized spacial score (nSPS) is 11.4. The largest absolute Gasteiger partial charge is 0.493 e. The number of halogens is 2. The first-order chi connectivity index (χ1) is 15.3. The van der Waals surface area contributed by atoms with Crippen LogP contribution < -0.4 is 18.9 Å². The van der Waals surface area contributed by atoms with Crippen LogP contribution in [-0.2, 0) is 10.0 Å². The fourth-order valence-electron chi connectivity index (χ4n) is 2.95. The Kier molecular flexibility index (Phi) is 7.56. The maximum atomic E-state index is 12.7. The second-order valence-corrected chi connectivity index (χ2v) is 9.10. The van der Waals surface area contributed by atoms with E-state index in [0.29, 0.717) is 22.9 Å². The van der Waals surface area contributed by atoms with Crippen LogP contribution in [0.3, 0.4) is 0 Å². The van der Waals surface area contributed by atoms with Gasteiger partial charge in [0.05, 0.1) is 36.3 Å². The summed E-state index contributed by atoms with van der Waals surface area (Å²) in [5, 5.41) is 0.445. The highest BCUT2D eigenvalue weighted by Gasteiger charge is 2.16. The Morgan fingerprint density at radius 1 is 0.781 bits per heavy atom. The second kappa shape index (κ2) is 10.2. The molecule has 0 saturated carbocycles. The lowest BCUT2D eigenvalue weighted by atomic mass is 10.1. The van der Waals surface area contributed by atoms with Gasteiger partial charge in [-0.1, -0.05) is 47.5 Å². The molecule has 0 unspecified atom stereocenters. The van der Waals surface area contributed by atoms with E-state index in [0.717, 1.165) is 11.1 Å². The van der Waals surface area contributed by atoms with Crippen molar-refractivity contribution >= 4 is 51.1 Å². The van der Waals surface area contributed by atoms with Crippen LogP contribution in [0.5, 0.6) is 17.2 Å². The Labute approximate surface area is 197 Å². The fourth-order valence-corrected chi connectivity index (χ4v) is 4.39. The highest BCUT2D eigenvalue weighted by Crippen LogP contribution is 2.38. The number of sulfonamides is 1. The summed E-state index contributed by atoms with van der Waals surface area (Å²) in [5.74, 6) is 1.58. The van der Waals surface area contributed by atoms with Gasteiger partial charge in [0.25, 0.3) is 10.0 Å². The van der Waals surface area contributed by atoms with E-state index in [-0.39, 0.29) is 14.9 Å². The molecule has 0 bridgehead atoms. The number of hydrogen-bond acceptors (Lipinski definition) is 5. The molecule has 9 heteroatoms. The lowest BCUT2D eigenvalue weighted by Crippen LogP contribution is -2.12. The summed E-state index contributed by atoms with van der Waals surface area (Å²) in [5.41, 5.74) is 2.01. The molecular formula is C23H21Cl2NO5S. The second-order valence-electron chi connectivity index (χ2n) is 6.60. The zero-order valence-corrected chi connectivity index (χ0v) is 19.9. The Balaban J connectivity index is 1.85. The molecule has 0 heterocycles. The van der Waals surface area contributed by atoms with Crippen LogP contribution in [0.15, 0.2) is 59.5 Å². The molecule has 32 heavy (non-hydrogen) atoms. The van der Waals surface area contributed by atoms with E-state index in [4.69, 9.17) is 37.4 Å². The maximum Gasteiger partial charge on any atom is 0.261 e. The summed E-state index contributed by atoms with van der Waals surface area (Å²) in [6.45, 7) is 0. The minimum atomic E-state index is -3.83. The number of rotatable bonds is 8. The maximum absolute atomic E-state index is 12.7. The van der Waals surface area contributed by atoms with E-state index in [2.05, 4.69) is 4.72 Å². The van der Waals surface area contributed by atoms with E-state index >= 15 is 0 Å². The van der Waals surface area contributed by atoms with E-state index in [1.807, 2.05) is 30.4 Å². The number of benzene rings is 3. The Hall–Kier alpha value is -2.87. The predicted octanol–water partition coefficient (Wildman–Crippen LogP) is 5.99. The number of hydrogen-bond donors (Lipinski definition) is 1. The van der Waals surface area contributed by atoms with Gasteiger partial charge in [-0.3, -0.25) is 4.72 Å². The summed E-state index contributed by atoms with van der Waals surface area (Å²) in [6, 6.07) is 14.7. The van der Waals surface area contributed by atoms with Gasteiger partial charge in [-0.2, -0.15) is 0 Å². The molecule has 3 rings (SSSR count). The molecule has 0 aliphatic carbocycles. The van der Waals surface area contributed by atoms with Gasteiger partial charge in [0.15, 0.2) is 11.5 Å². The molecule has 168 valence electrons. The van der Waals surface area contributed by atoms with Crippen molar-refractivity contribution in [2.24, 2.45) is 0 Å². The van der Waals surface area contributed by atoms with Crippen molar-refractivity contribution in [3.8, 4) is 17.2 Å². The average molecular weight is 494 g/mol. The topological polar surface area (TPSA) is 73.9 Å². The van der Waals surface area contributed by atoms with Crippen molar-refractivity contribution in [2.75, 3.05) is 26.1 Å². The number of anilines is 1. The van der Waals surface area contributed by atoms with Gasteiger partial charge in [0.2, 0.25) is 5.75 Å². The first-order valence-electron chi connectivity index (χ1n) is 9.33. The minimum Gasteiger partial charge on any atom is -0.493 e. The van der Waals surface area contributed by atoms with E-state index in [1.165, 1.54) is 18.2 Å². The van der Waals surface area contributed by atoms with Crippen molar-refractivity contribution < 1.29 is 22.6 Å². The molecule has 0 atom stereocenters. The first-order valence-corrected chi connectivity index (χ1v) is 11.6. The lowest BCUT2D eigenvalue weighted by Gasteiger charge is -2.13. The predicted molar refractivity (Wildman–Crippen MR) is 129 cm³/mol. The van der Waals surface area contributed by atoms with E-state index in [1.54, 1.807) is 39.5 Å². The third-order valence-corrected chi connectivity index (χ3v) is 6.61. The third-order valence-electron chi connectivity index (χ3n) is 4.50.